The van der Waals surface area contributed by atoms with Crippen LogP contribution in [0.4, 0.5) is 10.5 Å². The molecule has 0 spiro atoms. The number of benzene rings is 1. The molecule has 1 aliphatic heterocycles. The summed E-state index contributed by atoms with van der Waals surface area (Å²) >= 11 is 0. The molecule has 6 nitrogen and oxygen atoms in total. The van der Waals surface area contributed by atoms with Crippen LogP contribution in [0.25, 0.3) is 0 Å². The molecule has 6 heteroatoms. The molecule has 1 aromatic carbocycles. The summed E-state index contributed by atoms with van der Waals surface area (Å²) in [5.41, 5.74) is 1.08. The Bertz CT molecular complexity index is 528. The Morgan fingerprint density at radius 2 is 2.16 bits per heavy atom. The van der Waals surface area contributed by atoms with E-state index in [2.05, 4.69) is 10.6 Å². The van der Waals surface area contributed by atoms with E-state index in [0.717, 1.165) is 0 Å². The van der Waals surface area contributed by atoms with Crippen molar-refractivity contribution < 1.29 is 14.4 Å². The number of Topliss-reactive ketones (excluding diaryl/α,β-unsaturated/α-hetero) is 1. The topological polar surface area (TPSA) is 78.5 Å². The molecule has 1 saturated heterocycles. The Morgan fingerprint density at radius 3 is 2.84 bits per heavy atom. The zero-order chi connectivity index (χ0) is 13.8. The van der Waals surface area contributed by atoms with Gasteiger partial charge in [0, 0.05) is 24.3 Å². The largest absolute Gasteiger partial charge is 0.353 e. The number of hydrogen-bond acceptors (Lipinski definition) is 3. The van der Waals surface area contributed by atoms with Gasteiger partial charge < -0.3 is 15.5 Å². The first kappa shape index (κ1) is 13.1. The molecule has 0 bridgehead atoms. The predicted molar refractivity (Wildman–Crippen MR) is 70.0 cm³/mol. The second-order valence-electron chi connectivity index (χ2n) is 4.34. The fourth-order valence-electron chi connectivity index (χ4n) is 1.83. The first-order valence-electron chi connectivity index (χ1n) is 6.00. The van der Waals surface area contributed by atoms with Crippen molar-refractivity contribution in [2.45, 2.75) is 6.92 Å². The average Bonchev–Trinajstić information content (AvgIpc) is 2.39. The summed E-state index contributed by atoms with van der Waals surface area (Å²) < 4.78 is 0. The highest BCUT2D eigenvalue weighted by molar-refractivity contribution is 5.97. The molecule has 100 valence electrons. The molecule has 0 radical (unpaired) electrons. The maximum Gasteiger partial charge on any atom is 0.322 e. The highest BCUT2D eigenvalue weighted by Crippen LogP contribution is 2.12. The normalized spacial score (nSPS) is 14.8. The van der Waals surface area contributed by atoms with Gasteiger partial charge in [-0.3, -0.25) is 9.59 Å². The van der Waals surface area contributed by atoms with Crippen molar-refractivity contribution >= 4 is 23.4 Å². The summed E-state index contributed by atoms with van der Waals surface area (Å²) in [5.74, 6) is -0.229. The number of nitrogens with zero attached hydrogens (tertiary/aromatic N) is 1. The zero-order valence-electron chi connectivity index (χ0n) is 10.6. The summed E-state index contributed by atoms with van der Waals surface area (Å²) in [4.78, 5) is 35.8. The average molecular weight is 261 g/mol. The van der Waals surface area contributed by atoms with Crippen molar-refractivity contribution in [2.24, 2.45) is 0 Å². The van der Waals surface area contributed by atoms with Gasteiger partial charge in [-0.2, -0.15) is 0 Å². The standard InChI is InChI=1S/C13H15N3O3/c1-9(17)10-3-2-4-11(7-10)15-13(19)16-6-5-14-12(18)8-16/h2-4,7H,5-6,8H2,1H3,(H,14,18)(H,15,19). The summed E-state index contributed by atoms with van der Waals surface area (Å²) in [6.07, 6.45) is 0. The molecule has 2 rings (SSSR count). The van der Waals surface area contributed by atoms with Gasteiger partial charge >= 0.3 is 6.03 Å². The summed E-state index contributed by atoms with van der Waals surface area (Å²) in [6.45, 7) is 2.46. The van der Waals surface area contributed by atoms with Crippen molar-refractivity contribution in [3.8, 4) is 0 Å². The van der Waals surface area contributed by atoms with Gasteiger partial charge in [-0.15, -0.1) is 0 Å². The van der Waals surface area contributed by atoms with Crippen molar-refractivity contribution in [3.05, 3.63) is 29.8 Å². The smallest absolute Gasteiger partial charge is 0.322 e. The van der Waals surface area contributed by atoms with Crippen LogP contribution in [0.3, 0.4) is 0 Å². The van der Waals surface area contributed by atoms with Gasteiger partial charge in [-0.1, -0.05) is 12.1 Å². The van der Waals surface area contributed by atoms with Gasteiger partial charge in [0.05, 0.1) is 0 Å². The van der Waals surface area contributed by atoms with E-state index in [0.29, 0.717) is 24.3 Å². The minimum Gasteiger partial charge on any atom is -0.353 e. The number of carbonyl (C=O) groups is 3. The summed E-state index contributed by atoms with van der Waals surface area (Å²) in [6, 6.07) is 6.37. The molecule has 1 aliphatic rings. The highest BCUT2D eigenvalue weighted by atomic mass is 16.2. The van der Waals surface area contributed by atoms with Crippen molar-refractivity contribution in [3.63, 3.8) is 0 Å². The Balaban J connectivity index is 2.04. The Morgan fingerprint density at radius 1 is 1.37 bits per heavy atom. The molecular formula is C13H15N3O3. The number of rotatable bonds is 2. The van der Waals surface area contributed by atoms with Crippen LogP contribution in [0.15, 0.2) is 24.3 Å². The Kier molecular flexibility index (Phi) is 3.79. The second-order valence-corrected chi connectivity index (χ2v) is 4.34. The van der Waals surface area contributed by atoms with Gasteiger partial charge in [0.2, 0.25) is 5.91 Å². The molecule has 0 aliphatic carbocycles. The third-order valence-electron chi connectivity index (χ3n) is 2.85. The minimum absolute atomic E-state index is 0.0538. The number of carbonyl (C=O) groups excluding carboxylic acids is 3. The monoisotopic (exact) mass is 261 g/mol. The Hall–Kier alpha value is -2.37. The van der Waals surface area contributed by atoms with Crippen LogP contribution in [0.5, 0.6) is 0 Å². The highest BCUT2D eigenvalue weighted by Gasteiger charge is 2.21. The van der Waals surface area contributed by atoms with Crippen LogP contribution in [-0.4, -0.2) is 42.3 Å². The fourth-order valence-corrected chi connectivity index (χ4v) is 1.83. The van der Waals surface area contributed by atoms with E-state index >= 15 is 0 Å². The SMILES string of the molecule is CC(=O)c1cccc(NC(=O)N2CCNC(=O)C2)c1. The molecule has 0 atom stereocenters. The zero-order valence-corrected chi connectivity index (χ0v) is 10.6. The van der Waals surface area contributed by atoms with Crippen LogP contribution in [0, 0.1) is 0 Å². The van der Waals surface area contributed by atoms with E-state index in [9.17, 15) is 14.4 Å². The lowest BCUT2D eigenvalue weighted by atomic mass is 10.1. The van der Waals surface area contributed by atoms with Crippen molar-refractivity contribution in [1.82, 2.24) is 10.2 Å². The van der Waals surface area contributed by atoms with E-state index in [1.807, 2.05) is 0 Å². The van der Waals surface area contributed by atoms with Crippen LogP contribution in [0.2, 0.25) is 0 Å². The molecule has 0 saturated carbocycles. The first-order chi connectivity index (χ1) is 9.06. The lowest BCUT2D eigenvalue weighted by molar-refractivity contribution is -0.123. The fraction of sp³-hybridized carbons (Fsp3) is 0.308. The predicted octanol–water partition coefficient (Wildman–Crippen LogP) is 0.853. The lowest BCUT2D eigenvalue weighted by Gasteiger charge is -2.26. The molecule has 3 amide bonds. The third-order valence-corrected chi connectivity index (χ3v) is 2.85. The quantitative estimate of drug-likeness (QED) is 0.775. The molecule has 2 N–H and O–H groups in total. The number of nitrogens with one attached hydrogen (secondary N) is 2. The molecule has 1 heterocycles. The maximum atomic E-state index is 11.9. The number of anilines is 1. The molecule has 1 aromatic rings. The molecular weight excluding hydrogens is 246 g/mol. The molecule has 0 aromatic heterocycles. The number of ketones is 1. The van der Waals surface area contributed by atoms with Crippen LogP contribution in [-0.2, 0) is 4.79 Å². The van der Waals surface area contributed by atoms with Crippen molar-refractivity contribution in [2.75, 3.05) is 25.0 Å². The first-order valence-corrected chi connectivity index (χ1v) is 6.00. The van der Waals surface area contributed by atoms with Gasteiger partial charge in [-0.25, -0.2) is 4.79 Å². The van der Waals surface area contributed by atoms with Crippen molar-refractivity contribution in [1.29, 1.82) is 0 Å². The number of piperazine rings is 1. The number of hydrogen-bond donors (Lipinski definition) is 2. The number of amides is 3. The van der Waals surface area contributed by atoms with Gasteiger partial charge in [-0.05, 0) is 19.1 Å². The van der Waals surface area contributed by atoms with Crippen LogP contribution >= 0.6 is 0 Å². The summed E-state index contributed by atoms with van der Waals surface area (Å²) in [5, 5.41) is 5.33. The maximum absolute atomic E-state index is 11.9. The van der Waals surface area contributed by atoms with Crippen LogP contribution in [0.1, 0.15) is 17.3 Å². The van der Waals surface area contributed by atoms with Gasteiger partial charge in [0.25, 0.3) is 0 Å². The lowest BCUT2D eigenvalue weighted by Crippen LogP contribution is -2.51. The van der Waals surface area contributed by atoms with E-state index in [-0.39, 0.29) is 24.3 Å². The number of urea groups is 1. The van der Waals surface area contributed by atoms with E-state index in [4.69, 9.17) is 0 Å². The van der Waals surface area contributed by atoms with E-state index in [1.54, 1.807) is 24.3 Å². The summed E-state index contributed by atoms with van der Waals surface area (Å²) in [7, 11) is 0. The third kappa shape index (κ3) is 3.31. The van der Waals surface area contributed by atoms with E-state index in [1.165, 1.54) is 11.8 Å². The van der Waals surface area contributed by atoms with Crippen LogP contribution < -0.4 is 10.6 Å². The molecule has 19 heavy (non-hydrogen) atoms. The molecule has 0 unspecified atom stereocenters. The van der Waals surface area contributed by atoms with Gasteiger partial charge in [0.1, 0.15) is 6.54 Å². The Labute approximate surface area is 110 Å². The minimum atomic E-state index is -0.337. The second kappa shape index (κ2) is 5.51. The van der Waals surface area contributed by atoms with E-state index < -0.39 is 0 Å². The van der Waals surface area contributed by atoms with Gasteiger partial charge in [0.15, 0.2) is 5.78 Å². The molecule has 1 fully saturated rings.